The van der Waals surface area contributed by atoms with Gasteiger partial charge in [0, 0.05) is 5.69 Å². The number of furan rings is 1. The Bertz CT molecular complexity index is 741. The van der Waals surface area contributed by atoms with Crippen molar-refractivity contribution in [2.75, 3.05) is 11.9 Å². The van der Waals surface area contributed by atoms with Crippen LogP contribution in [0.25, 0.3) is 0 Å². The number of anilines is 1. The van der Waals surface area contributed by atoms with E-state index in [2.05, 4.69) is 5.32 Å². The highest BCUT2D eigenvalue weighted by atomic mass is 16.6. The molecule has 7 heteroatoms. The quantitative estimate of drug-likeness (QED) is 0.837. The minimum Gasteiger partial charge on any atom is -0.459 e. The number of ether oxygens (including phenoxy) is 2. The van der Waals surface area contributed by atoms with Gasteiger partial charge in [-0.2, -0.15) is 0 Å². The van der Waals surface area contributed by atoms with Crippen molar-refractivity contribution >= 4 is 23.5 Å². The molecule has 0 unspecified atom stereocenters. The summed E-state index contributed by atoms with van der Waals surface area (Å²) in [5.41, 5.74) is 0.0989. The standard InChI is InChI=1S/C18H19NO6/c1-18(2,3)25-15(20)11-24-17(22)12-6-8-13(9-7-12)19-16(21)14-5-4-10-23-14/h4-10H,11H2,1-3H3,(H,19,21). The zero-order chi connectivity index (χ0) is 18.4. The van der Waals surface area contributed by atoms with E-state index in [0.717, 1.165) is 0 Å². The highest BCUT2D eigenvalue weighted by Crippen LogP contribution is 2.13. The van der Waals surface area contributed by atoms with E-state index in [4.69, 9.17) is 13.9 Å². The summed E-state index contributed by atoms with van der Waals surface area (Å²) < 4.78 is 14.9. The van der Waals surface area contributed by atoms with Gasteiger partial charge in [0.1, 0.15) is 5.60 Å². The van der Waals surface area contributed by atoms with E-state index >= 15 is 0 Å². The lowest BCUT2D eigenvalue weighted by Gasteiger charge is -2.19. The number of esters is 2. The molecule has 1 heterocycles. The number of benzene rings is 1. The number of rotatable bonds is 5. The number of hydrogen-bond donors (Lipinski definition) is 1. The zero-order valence-electron chi connectivity index (χ0n) is 14.2. The highest BCUT2D eigenvalue weighted by molar-refractivity contribution is 6.02. The number of carbonyl (C=O) groups is 3. The van der Waals surface area contributed by atoms with Gasteiger partial charge in [-0.15, -0.1) is 0 Å². The van der Waals surface area contributed by atoms with Crippen molar-refractivity contribution in [1.29, 1.82) is 0 Å². The fourth-order valence-corrected chi connectivity index (χ4v) is 1.87. The summed E-state index contributed by atoms with van der Waals surface area (Å²) in [6.07, 6.45) is 1.40. The van der Waals surface area contributed by atoms with Crippen molar-refractivity contribution in [1.82, 2.24) is 0 Å². The summed E-state index contributed by atoms with van der Waals surface area (Å²) in [5, 5.41) is 2.63. The topological polar surface area (TPSA) is 94.8 Å². The van der Waals surface area contributed by atoms with Crippen molar-refractivity contribution < 1.29 is 28.3 Å². The molecule has 0 spiro atoms. The molecular formula is C18H19NO6. The smallest absolute Gasteiger partial charge is 0.344 e. The Kier molecular flexibility index (Phi) is 5.59. The third-order valence-corrected chi connectivity index (χ3v) is 2.86. The van der Waals surface area contributed by atoms with Crippen LogP contribution >= 0.6 is 0 Å². The summed E-state index contributed by atoms with van der Waals surface area (Å²) in [6.45, 7) is 4.71. The summed E-state index contributed by atoms with van der Waals surface area (Å²) in [6, 6.07) is 9.20. The lowest BCUT2D eigenvalue weighted by Crippen LogP contribution is -2.27. The molecule has 0 aliphatic carbocycles. The third-order valence-electron chi connectivity index (χ3n) is 2.86. The molecule has 7 nitrogen and oxygen atoms in total. The zero-order valence-corrected chi connectivity index (χ0v) is 14.2. The largest absolute Gasteiger partial charge is 0.459 e. The second kappa shape index (κ2) is 7.65. The van der Waals surface area contributed by atoms with Gasteiger partial charge in [-0.25, -0.2) is 9.59 Å². The van der Waals surface area contributed by atoms with E-state index in [1.807, 2.05) is 0 Å². The molecule has 0 saturated heterocycles. The maximum absolute atomic E-state index is 11.9. The average molecular weight is 345 g/mol. The SMILES string of the molecule is CC(C)(C)OC(=O)COC(=O)c1ccc(NC(=O)c2ccco2)cc1. The molecule has 1 aromatic heterocycles. The molecule has 2 aromatic rings. The van der Waals surface area contributed by atoms with Crippen LogP contribution in [0.1, 0.15) is 41.7 Å². The van der Waals surface area contributed by atoms with E-state index in [1.54, 1.807) is 39.0 Å². The van der Waals surface area contributed by atoms with Crippen LogP contribution in [0.2, 0.25) is 0 Å². The van der Waals surface area contributed by atoms with E-state index in [0.29, 0.717) is 5.69 Å². The van der Waals surface area contributed by atoms with Crippen molar-refractivity contribution in [3.63, 3.8) is 0 Å². The van der Waals surface area contributed by atoms with Gasteiger partial charge < -0.3 is 19.2 Å². The fraction of sp³-hybridized carbons (Fsp3) is 0.278. The number of nitrogens with one attached hydrogen (secondary N) is 1. The van der Waals surface area contributed by atoms with Gasteiger partial charge >= 0.3 is 11.9 Å². The van der Waals surface area contributed by atoms with Gasteiger partial charge in [0.15, 0.2) is 12.4 Å². The number of carbonyl (C=O) groups excluding carboxylic acids is 3. The first-order valence-electron chi connectivity index (χ1n) is 7.58. The lowest BCUT2D eigenvalue weighted by molar-refractivity contribution is -0.158. The summed E-state index contributed by atoms with van der Waals surface area (Å²) in [4.78, 5) is 35.3. The Labute approximate surface area is 144 Å². The molecule has 1 amide bonds. The van der Waals surface area contributed by atoms with Crippen LogP contribution in [0.15, 0.2) is 47.1 Å². The molecule has 0 aliphatic heterocycles. The first kappa shape index (κ1) is 18.3. The normalized spacial score (nSPS) is 10.8. The van der Waals surface area contributed by atoms with Crippen molar-refractivity contribution in [3.8, 4) is 0 Å². The molecule has 25 heavy (non-hydrogen) atoms. The Morgan fingerprint density at radius 2 is 1.76 bits per heavy atom. The summed E-state index contributed by atoms with van der Waals surface area (Å²) in [7, 11) is 0. The van der Waals surface area contributed by atoms with E-state index in [-0.39, 0.29) is 11.3 Å². The maximum atomic E-state index is 11.9. The highest BCUT2D eigenvalue weighted by Gasteiger charge is 2.18. The Hall–Kier alpha value is -3.09. The third kappa shape index (κ3) is 5.80. The van der Waals surface area contributed by atoms with Gasteiger partial charge in [0.05, 0.1) is 11.8 Å². The lowest BCUT2D eigenvalue weighted by atomic mass is 10.2. The second-order valence-electron chi connectivity index (χ2n) is 6.17. The molecule has 1 aromatic carbocycles. The Morgan fingerprint density at radius 1 is 1.08 bits per heavy atom. The van der Waals surface area contributed by atoms with Gasteiger partial charge in [0.25, 0.3) is 5.91 Å². The van der Waals surface area contributed by atoms with Crippen molar-refractivity contribution in [2.45, 2.75) is 26.4 Å². The predicted octanol–water partition coefficient (Wildman–Crippen LogP) is 3.03. The average Bonchev–Trinajstić information content (AvgIpc) is 3.06. The fourth-order valence-electron chi connectivity index (χ4n) is 1.87. The van der Waals surface area contributed by atoms with Crippen LogP contribution in [0.3, 0.4) is 0 Å². The van der Waals surface area contributed by atoms with Crippen LogP contribution in [0.4, 0.5) is 5.69 Å². The molecule has 1 N–H and O–H groups in total. The minimum atomic E-state index is -0.658. The molecule has 0 radical (unpaired) electrons. The van der Waals surface area contributed by atoms with Crippen LogP contribution < -0.4 is 5.32 Å². The van der Waals surface area contributed by atoms with Crippen LogP contribution in [-0.2, 0) is 14.3 Å². The Balaban J connectivity index is 1.87. The van der Waals surface area contributed by atoms with Gasteiger partial charge in [-0.05, 0) is 57.2 Å². The maximum Gasteiger partial charge on any atom is 0.344 e. The number of amides is 1. The van der Waals surface area contributed by atoms with Crippen molar-refractivity contribution in [2.24, 2.45) is 0 Å². The molecule has 0 fully saturated rings. The molecule has 0 saturated carbocycles. The van der Waals surface area contributed by atoms with Crippen molar-refractivity contribution in [3.05, 3.63) is 54.0 Å². The van der Waals surface area contributed by atoms with Gasteiger partial charge in [-0.3, -0.25) is 4.79 Å². The molecule has 2 rings (SSSR count). The van der Waals surface area contributed by atoms with Crippen LogP contribution in [0.5, 0.6) is 0 Å². The minimum absolute atomic E-state index is 0.181. The Morgan fingerprint density at radius 3 is 2.32 bits per heavy atom. The predicted molar refractivity (Wildman–Crippen MR) is 89.2 cm³/mol. The van der Waals surface area contributed by atoms with Gasteiger partial charge in [-0.1, -0.05) is 0 Å². The van der Waals surface area contributed by atoms with E-state index in [1.165, 1.54) is 24.5 Å². The van der Waals surface area contributed by atoms with Crippen LogP contribution in [-0.4, -0.2) is 30.1 Å². The van der Waals surface area contributed by atoms with E-state index in [9.17, 15) is 14.4 Å². The summed E-state index contributed by atoms with van der Waals surface area (Å²) in [5.74, 6) is -1.50. The second-order valence-corrected chi connectivity index (χ2v) is 6.17. The van der Waals surface area contributed by atoms with Gasteiger partial charge in [0.2, 0.25) is 0 Å². The molecule has 0 atom stereocenters. The molecular weight excluding hydrogens is 326 g/mol. The first-order valence-corrected chi connectivity index (χ1v) is 7.58. The van der Waals surface area contributed by atoms with E-state index < -0.39 is 30.1 Å². The molecule has 0 aliphatic rings. The molecule has 0 bridgehead atoms. The van der Waals surface area contributed by atoms with Crippen LogP contribution in [0, 0.1) is 0 Å². The monoisotopic (exact) mass is 345 g/mol. The summed E-state index contributed by atoms with van der Waals surface area (Å²) >= 11 is 0. The molecule has 132 valence electrons. The first-order chi connectivity index (χ1) is 11.7. The number of hydrogen-bond acceptors (Lipinski definition) is 6.